The number of pyridine rings is 1. The van der Waals surface area contributed by atoms with Gasteiger partial charge in [0.05, 0.1) is 30.5 Å². The minimum absolute atomic E-state index is 0.141. The summed E-state index contributed by atoms with van der Waals surface area (Å²) in [7, 11) is 0. The first-order valence-electron chi connectivity index (χ1n) is 10.5. The van der Waals surface area contributed by atoms with Gasteiger partial charge in [-0.1, -0.05) is 42.5 Å². The van der Waals surface area contributed by atoms with Gasteiger partial charge in [0.15, 0.2) is 12.1 Å². The summed E-state index contributed by atoms with van der Waals surface area (Å²) in [5.74, 6) is 0.0571. The van der Waals surface area contributed by atoms with Crippen molar-refractivity contribution >= 4 is 5.97 Å². The molecule has 8 heteroatoms. The van der Waals surface area contributed by atoms with Crippen molar-refractivity contribution in [1.29, 1.82) is 0 Å². The maximum absolute atomic E-state index is 11.3. The van der Waals surface area contributed by atoms with Crippen LogP contribution in [0.3, 0.4) is 0 Å². The first-order valence-corrected chi connectivity index (χ1v) is 10.5. The van der Waals surface area contributed by atoms with Crippen LogP contribution < -0.4 is 4.74 Å². The van der Waals surface area contributed by atoms with Crippen LogP contribution >= 0.6 is 0 Å². The summed E-state index contributed by atoms with van der Waals surface area (Å²) in [6, 6.07) is 18.6. The zero-order valence-electron chi connectivity index (χ0n) is 17.6. The first-order chi connectivity index (χ1) is 16.2. The molecule has 2 aromatic heterocycles. The first kappa shape index (κ1) is 20.9. The monoisotopic (exact) mass is 443 g/mol. The molecule has 166 valence electrons. The van der Waals surface area contributed by atoms with Gasteiger partial charge < -0.3 is 19.3 Å². The van der Waals surface area contributed by atoms with E-state index >= 15 is 0 Å². The average molecular weight is 443 g/mol. The van der Waals surface area contributed by atoms with E-state index in [2.05, 4.69) is 10.1 Å². The highest BCUT2D eigenvalue weighted by Crippen LogP contribution is 2.39. The lowest BCUT2D eigenvalue weighted by Crippen LogP contribution is -2.06. The molecule has 0 bridgehead atoms. The van der Waals surface area contributed by atoms with Crippen LogP contribution in [0.15, 0.2) is 79.3 Å². The summed E-state index contributed by atoms with van der Waals surface area (Å²) in [6.07, 6.45) is 4.39. The number of aromatic carboxylic acids is 1. The van der Waals surface area contributed by atoms with Crippen molar-refractivity contribution < 1.29 is 24.1 Å². The lowest BCUT2D eigenvalue weighted by molar-refractivity contribution is -0.0454. The number of benzene rings is 2. The molecule has 1 aliphatic rings. The topological polar surface area (TPSA) is 95.7 Å². The third-order valence-corrected chi connectivity index (χ3v) is 5.28. The predicted molar refractivity (Wildman–Crippen MR) is 119 cm³/mol. The molecule has 5 rings (SSSR count). The summed E-state index contributed by atoms with van der Waals surface area (Å²) < 4.78 is 19.3. The van der Waals surface area contributed by atoms with E-state index in [4.69, 9.17) is 14.2 Å². The van der Waals surface area contributed by atoms with Crippen molar-refractivity contribution in [1.82, 2.24) is 14.8 Å². The average Bonchev–Trinajstić information content (AvgIpc) is 3.56. The number of carboxylic acids is 1. The summed E-state index contributed by atoms with van der Waals surface area (Å²) in [6.45, 7) is 1.42. The van der Waals surface area contributed by atoms with Crippen molar-refractivity contribution in [2.24, 2.45) is 0 Å². The van der Waals surface area contributed by atoms with Gasteiger partial charge >= 0.3 is 5.97 Å². The van der Waals surface area contributed by atoms with Gasteiger partial charge in [-0.3, -0.25) is 0 Å². The summed E-state index contributed by atoms with van der Waals surface area (Å²) in [4.78, 5) is 15.5. The summed E-state index contributed by atoms with van der Waals surface area (Å²) in [5, 5.41) is 13.7. The molecule has 0 spiro atoms. The van der Waals surface area contributed by atoms with E-state index in [-0.39, 0.29) is 5.56 Å². The molecule has 1 fully saturated rings. The Morgan fingerprint density at radius 3 is 2.70 bits per heavy atom. The van der Waals surface area contributed by atoms with Crippen molar-refractivity contribution in [3.63, 3.8) is 0 Å². The number of rotatable bonds is 7. The quantitative estimate of drug-likeness (QED) is 0.456. The molecule has 0 saturated carbocycles. The Kier molecular flexibility index (Phi) is 5.84. The second kappa shape index (κ2) is 9.23. The Balaban J connectivity index is 1.50. The minimum Gasteiger partial charge on any atom is -0.488 e. The molecule has 1 N–H and O–H groups in total. The molecule has 0 radical (unpaired) electrons. The Morgan fingerprint density at radius 2 is 1.91 bits per heavy atom. The van der Waals surface area contributed by atoms with Gasteiger partial charge in [0.2, 0.25) is 0 Å². The van der Waals surface area contributed by atoms with E-state index in [1.165, 1.54) is 18.3 Å². The van der Waals surface area contributed by atoms with Crippen molar-refractivity contribution in [3.8, 4) is 22.7 Å². The van der Waals surface area contributed by atoms with Crippen LogP contribution in [-0.4, -0.2) is 39.1 Å². The highest BCUT2D eigenvalue weighted by molar-refractivity contribution is 5.87. The SMILES string of the molecule is O=C(O)c1ccnc(-n2cc(-c3cccc(OCc4ccccc4)c3C3OCCO3)cn2)c1. The molecule has 4 aromatic rings. The molecule has 1 saturated heterocycles. The molecule has 0 aliphatic carbocycles. The normalized spacial score (nSPS) is 13.8. The number of aromatic nitrogens is 3. The standard InChI is InChI=1S/C25H21N3O5/c29-24(30)18-9-10-26-22(13-18)28-15-19(14-27-28)20-7-4-8-21(23(20)25-31-11-12-32-25)33-16-17-5-2-1-3-6-17/h1-10,13-15,25H,11-12,16H2,(H,29,30). The number of hydrogen-bond acceptors (Lipinski definition) is 6. The van der Waals surface area contributed by atoms with Crippen LogP contribution in [0.25, 0.3) is 16.9 Å². The van der Waals surface area contributed by atoms with Gasteiger partial charge in [0.1, 0.15) is 12.4 Å². The fraction of sp³-hybridized carbons (Fsp3) is 0.160. The fourth-order valence-electron chi connectivity index (χ4n) is 3.69. The molecule has 3 heterocycles. The van der Waals surface area contributed by atoms with Gasteiger partial charge in [0, 0.05) is 18.0 Å². The van der Waals surface area contributed by atoms with Gasteiger partial charge in [0.25, 0.3) is 0 Å². The van der Waals surface area contributed by atoms with Crippen molar-refractivity contribution in [2.45, 2.75) is 12.9 Å². The molecule has 2 aromatic carbocycles. The molecule has 0 amide bonds. The second-order valence-corrected chi connectivity index (χ2v) is 7.45. The fourth-order valence-corrected chi connectivity index (χ4v) is 3.69. The summed E-state index contributed by atoms with van der Waals surface area (Å²) >= 11 is 0. The van der Waals surface area contributed by atoms with E-state index in [9.17, 15) is 9.90 Å². The van der Waals surface area contributed by atoms with E-state index in [0.717, 1.165) is 22.3 Å². The van der Waals surface area contributed by atoms with Gasteiger partial charge in [-0.25, -0.2) is 14.5 Å². The van der Waals surface area contributed by atoms with Gasteiger partial charge in [-0.15, -0.1) is 0 Å². The lowest BCUT2D eigenvalue weighted by atomic mass is 10.0. The Bertz CT molecular complexity index is 1270. The maximum atomic E-state index is 11.3. The number of nitrogens with zero attached hydrogens (tertiary/aromatic N) is 3. The second-order valence-electron chi connectivity index (χ2n) is 7.45. The van der Waals surface area contributed by atoms with E-state index in [1.54, 1.807) is 17.1 Å². The molecule has 8 nitrogen and oxygen atoms in total. The Hall–Kier alpha value is -4.01. The zero-order valence-corrected chi connectivity index (χ0v) is 17.6. The van der Waals surface area contributed by atoms with Gasteiger partial charge in [-0.05, 0) is 29.3 Å². The van der Waals surface area contributed by atoms with E-state index in [1.807, 2.05) is 48.5 Å². The highest BCUT2D eigenvalue weighted by Gasteiger charge is 2.26. The maximum Gasteiger partial charge on any atom is 0.335 e. The largest absolute Gasteiger partial charge is 0.488 e. The molecular formula is C25H21N3O5. The Labute approximate surface area is 190 Å². The third kappa shape index (κ3) is 4.48. The van der Waals surface area contributed by atoms with Crippen molar-refractivity contribution in [2.75, 3.05) is 13.2 Å². The van der Waals surface area contributed by atoms with Crippen LogP contribution in [-0.2, 0) is 16.1 Å². The molecule has 0 atom stereocenters. The van der Waals surface area contributed by atoms with Crippen LogP contribution in [0, 0.1) is 0 Å². The molecule has 0 unspecified atom stereocenters. The van der Waals surface area contributed by atoms with Crippen LogP contribution in [0.5, 0.6) is 5.75 Å². The highest BCUT2D eigenvalue weighted by atomic mass is 16.7. The molecule has 1 aliphatic heterocycles. The van der Waals surface area contributed by atoms with Crippen LogP contribution in [0.4, 0.5) is 0 Å². The smallest absolute Gasteiger partial charge is 0.335 e. The van der Waals surface area contributed by atoms with E-state index in [0.29, 0.717) is 31.4 Å². The van der Waals surface area contributed by atoms with Crippen LogP contribution in [0.2, 0.25) is 0 Å². The number of carbonyl (C=O) groups is 1. The number of ether oxygens (including phenoxy) is 3. The molecular weight excluding hydrogens is 422 g/mol. The van der Waals surface area contributed by atoms with Crippen LogP contribution in [0.1, 0.15) is 27.8 Å². The minimum atomic E-state index is -1.02. The number of hydrogen-bond donors (Lipinski definition) is 1. The molecule has 33 heavy (non-hydrogen) atoms. The van der Waals surface area contributed by atoms with E-state index < -0.39 is 12.3 Å². The predicted octanol–water partition coefficient (Wildman–Crippen LogP) is 4.26. The Morgan fingerprint density at radius 1 is 1.09 bits per heavy atom. The van der Waals surface area contributed by atoms with Gasteiger partial charge in [-0.2, -0.15) is 5.10 Å². The summed E-state index contributed by atoms with van der Waals surface area (Å²) in [5.41, 5.74) is 3.64. The lowest BCUT2D eigenvalue weighted by Gasteiger charge is -2.19. The number of carboxylic acid groups (broad SMARTS) is 1. The third-order valence-electron chi connectivity index (χ3n) is 5.28. The van der Waals surface area contributed by atoms with Crippen molar-refractivity contribution in [3.05, 3.63) is 95.9 Å². The zero-order chi connectivity index (χ0) is 22.6.